The molecule has 5 rings (SSSR count). The number of carbonyl (C=O) groups is 3. The summed E-state index contributed by atoms with van der Waals surface area (Å²) in [5.74, 6) is 1.56. The van der Waals surface area contributed by atoms with Crippen LogP contribution in [0.15, 0.2) is 0 Å². The minimum Gasteiger partial charge on any atom is -0.454 e. The van der Waals surface area contributed by atoms with E-state index in [9.17, 15) is 14.4 Å². The van der Waals surface area contributed by atoms with Crippen LogP contribution in [0.25, 0.3) is 0 Å². The third kappa shape index (κ3) is 4.93. The minimum absolute atomic E-state index is 0.0257. The summed E-state index contributed by atoms with van der Waals surface area (Å²) in [7, 11) is 0. The topological polar surface area (TPSA) is 84.9 Å². The molecule has 5 aliphatic rings. The van der Waals surface area contributed by atoms with Crippen LogP contribution < -0.4 is 5.32 Å². The highest BCUT2D eigenvalue weighted by molar-refractivity contribution is 5.84. The maximum Gasteiger partial charge on any atom is 0.325 e. The van der Waals surface area contributed by atoms with Crippen molar-refractivity contribution in [3.05, 3.63) is 0 Å². The molecule has 1 saturated heterocycles. The van der Waals surface area contributed by atoms with E-state index in [2.05, 4.69) is 5.32 Å². The second-order valence-electron chi connectivity index (χ2n) is 10.1. The van der Waals surface area contributed by atoms with Crippen LogP contribution >= 0.6 is 0 Å². The second kappa shape index (κ2) is 8.25. The quantitative estimate of drug-likeness (QED) is 0.681. The third-order valence-corrected chi connectivity index (χ3v) is 7.26. The summed E-state index contributed by atoms with van der Waals surface area (Å²) in [5, 5.41) is 2.72. The van der Waals surface area contributed by atoms with E-state index < -0.39 is 5.97 Å². The summed E-state index contributed by atoms with van der Waals surface area (Å²) < 4.78 is 10.7. The van der Waals surface area contributed by atoms with Crippen LogP contribution in [0, 0.1) is 23.2 Å². The van der Waals surface area contributed by atoms with Crippen molar-refractivity contribution in [2.24, 2.45) is 23.2 Å². The predicted octanol–water partition coefficient (Wildman–Crippen LogP) is 1.89. The van der Waals surface area contributed by atoms with Gasteiger partial charge in [0.15, 0.2) is 6.61 Å². The van der Waals surface area contributed by atoms with E-state index in [1.165, 1.54) is 38.5 Å². The SMILES string of the molecule is C[C@H]1CN(C(=O)COC(=O)CNC(=O)CC23CC4CC(CC(C4)C2)C3)C[C@H](C)O1. The van der Waals surface area contributed by atoms with Gasteiger partial charge in [-0.2, -0.15) is 0 Å². The molecule has 0 aromatic rings. The predicted molar refractivity (Wildman–Crippen MR) is 106 cm³/mol. The zero-order valence-electron chi connectivity index (χ0n) is 17.7. The first-order valence-corrected chi connectivity index (χ1v) is 11.2. The Morgan fingerprint density at radius 1 is 1.00 bits per heavy atom. The maximum absolute atomic E-state index is 12.5. The molecule has 0 aromatic carbocycles. The highest BCUT2D eigenvalue weighted by atomic mass is 16.5. The van der Waals surface area contributed by atoms with Crippen LogP contribution in [-0.2, 0) is 23.9 Å². The summed E-state index contributed by atoms with van der Waals surface area (Å²) in [6, 6.07) is 0. The van der Waals surface area contributed by atoms with Crippen molar-refractivity contribution < 1.29 is 23.9 Å². The van der Waals surface area contributed by atoms with E-state index >= 15 is 0 Å². The molecule has 0 unspecified atom stereocenters. The summed E-state index contributed by atoms with van der Waals surface area (Å²) >= 11 is 0. The largest absolute Gasteiger partial charge is 0.454 e. The van der Waals surface area contributed by atoms with Crippen molar-refractivity contribution in [2.45, 2.75) is 71.0 Å². The lowest BCUT2D eigenvalue weighted by atomic mass is 9.49. The molecular formula is C22H34N2O5. The molecule has 2 amide bonds. The molecule has 0 spiro atoms. The van der Waals surface area contributed by atoms with E-state index in [1.807, 2.05) is 13.8 Å². The van der Waals surface area contributed by atoms with Gasteiger partial charge in [-0.05, 0) is 75.5 Å². The summed E-state index contributed by atoms with van der Waals surface area (Å²) in [6.45, 7) is 4.38. The van der Waals surface area contributed by atoms with Crippen LogP contribution in [0.2, 0.25) is 0 Å². The van der Waals surface area contributed by atoms with Gasteiger partial charge in [-0.25, -0.2) is 0 Å². The average molecular weight is 407 g/mol. The Hall–Kier alpha value is -1.63. The maximum atomic E-state index is 12.5. The standard InChI is InChI=1S/C22H34N2O5/c1-14-11-24(12-15(2)29-14)20(26)13-28-21(27)10-23-19(25)9-22-6-16-3-17(7-22)5-18(4-16)8-22/h14-18H,3-13H2,1-2H3,(H,23,25)/t14-,15-,16?,17?,18?,22?/m0/s1. The van der Waals surface area contributed by atoms with Gasteiger partial charge in [0.2, 0.25) is 5.91 Å². The van der Waals surface area contributed by atoms with Gasteiger partial charge in [0.1, 0.15) is 6.54 Å². The number of hydrogen-bond acceptors (Lipinski definition) is 5. The summed E-state index contributed by atoms with van der Waals surface area (Å²) in [4.78, 5) is 38.4. The van der Waals surface area contributed by atoms with Gasteiger partial charge in [0, 0.05) is 19.5 Å². The zero-order valence-corrected chi connectivity index (χ0v) is 17.7. The Morgan fingerprint density at radius 3 is 2.10 bits per heavy atom. The minimum atomic E-state index is -0.563. The Bertz CT molecular complexity index is 618. The number of carbonyl (C=O) groups excluding carboxylic acids is 3. The molecule has 7 heteroatoms. The van der Waals surface area contributed by atoms with E-state index in [-0.39, 0.29) is 42.6 Å². The Labute approximate surface area is 172 Å². The average Bonchev–Trinajstić information content (AvgIpc) is 2.62. The van der Waals surface area contributed by atoms with E-state index in [1.54, 1.807) is 4.90 Å². The van der Waals surface area contributed by atoms with Gasteiger partial charge in [0.05, 0.1) is 12.2 Å². The van der Waals surface area contributed by atoms with Crippen LogP contribution in [0.3, 0.4) is 0 Å². The van der Waals surface area contributed by atoms with E-state index in [0.717, 1.165) is 17.8 Å². The molecule has 5 fully saturated rings. The van der Waals surface area contributed by atoms with Crippen molar-refractivity contribution >= 4 is 17.8 Å². The fourth-order valence-electron chi connectivity index (χ4n) is 6.75. The normalized spacial score (nSPS) is 38.0. The van der Waals surface area contributed by atoms with Crippen molar-refractivity contribution in [3.8, 4) is 0 Å². The third-order valence-electron chi connectivity index (χ3n) is 7.26. The fraction of sp³-hybridized carbons (Fsp3) is 0.864. The Balaban J connectivity index is 1.17. The molecule has 1 N–H and O–H groups in total. The molecule has 4 bridgehead atoms. The molecular weight excluding hydrogens is 372 g/mol. The highest BCUT2D eigenvalue weighted by Crippen LogP contribution is 2.61. The number of hydrogen-bond donors (Lipinski definition) is 1. The molecule has 0 aromatic heterocycles. The van der Waals surface area contributed by atoms with Crippen molar-refractivity contribution in [1.29, 1.82) is 0 Å². The van der Waals surface area contributed by atoms with Gasteiger partial charge >= 0.3 is 5.97 Å². The first-order valence-electron chi connectivity index (χ1n) is 11.2. The van der Waals surface area contributed by atoms with Gasteiger partial charge in [-0.3, -0.25) is 14.4 Å². The lowest BCUT2D eigenvalue weighted by Crippen LogP contribution is -2.49. The molecule has 0 radical (unpaired) electrons. The van der Waals surface area contributed by atoms with Crippen molar-refractivity contribution in [1.82, 2.24) is 10.2 Å². The monoisotopic (exact) mass is 406 g/mol. The number of rotatable bonds is 6. The molecule has 4 aliphatic carbocycles. The Kier molecular flexibility index (Phi) is 5.87. The van der Waals surface area contributed by atoms with Crippen LogP contribution in [0.5, 0.6) is 0 Å². The second-order valence-corrected chi connectivity index (χ2v) is 10.1. The van der Waals surface area contributed by atoms with Crippen molar-refractivity contribution in [2.75, 3.05) is 26.2 Å². The smallest absolute Gasteiger partial charge is 0.325 e. The molecule has 162 valence electrons. The summed E-state index contributed by atoms with van der Waals surface area (Å²) in [6.07, 6.45) is 8.02. The number of nitrogens with zero attached hydrogens (tertiary/aromatic N) is 1. The zero-order chi connectivity index (χ0) is 20.6. The number of nitrogens with one attached hydrogen (secondary N) is 1. The number of ether oxygens (including phenoxy) is 2. The van der Waals surface area contributed by atoms with Crippen LogP contribution in [0.1, 0.15) is 58.8 Å². The molecule has 1 aliphatic heterocycles. The van der Waals surface area contributed by atoms with E-state index in [4.69, 9.17) is 9.47 Å². The molecule has 1 heterocycles. The highest BCUT2D eigenvalue weighted by Gasteiger charge is 2.51. The van der Waals surface area contributed by atoms with Crippen molar-refractivity contribution in [3.63, 3.8) is 0 Å². The first kappa shape index (κ1) is 20.6. The number of morpholine rings is 1. The lowest BCUT2D eigenvalue weighted by molar-refractivity contribution is -0.157. The molecule has 29 heavy (non-hydrogen) atoms. The van der Waals surface area contributed by atoms with Gasteiger partial charge < -0.3 is 19.7 Å². The number of esters is 1. The van der Waals surface area contributed by atoms with Gasteiger partial charge in [-0.15, -0.1) is 0 Å². The van der Waals surface area contributed by atoms with E-state index in [0.29, 0.717) is 19.5 Å². The van der Waals surface area contributed by atoms with Crippen LogP contribution in [-0.4, -0.2) is 61.1 Å². The van der Waals surface area contributed by atoms with Gasteiger partial charge in [-0.1, -0.05) is 0 Å². The molecule has 7 nitrogen and oxygen atoms in total. The summed E-state index contributed by atoms with van der Waals surface area (Å²) in [5.41, 5.74) is 0.155. The van der Waals surface area contributed by atoms with Gasteiger partial charge in [0.25, 0.3) is 5.91 Å². The Morgan fingerprint density at radius 2 is 1.55 bits per heavy atom. The lowest BCUT2D eigenvalue weighted by Gasteiger charge is -2.56. The number of amides is 2. The van der Waals surface area contributed by atoms with Crippen LogP contribution in [0.4, 0.5) is 0 Å². The molecule has 2 atom stereocenters. The fourth-order valence-corrected chi connectivity index (χ4v) is 6.75. The first-order chi connectivity index (χ1) is 13.8. The molecule has 4 saturated carbocycles.